The van der Waals surface area contributed by atoms with Gasteiger partial charge in [0.05, 0.1) is 18.0 Å². The van der Waals surface area contributed by atoms with Crippen LogP contribution < -0.4 is 10.6 Å². The molecule has 170 valence electrons. The number of benzene rings is 3. The molecule has 0 spiro atoms. The Morgan fingerprint density at radius 1 is 0.879 bits per heavy atom. The molecule has 3 atom stereocenters. The third-order valence-corrected chi connectivity index (χ3v) is 5.71. The second-order valence-electron chi connectivity index (χ2n) is 9.32. The third-order valence-electron chi connectivity index (χ3n) is 5.71. The normalized spacial score (nSPS) is 20.4. The number of rotatable bonds is 5. The van der Waals surface area contributed by atoms with Gasteiger partial charge < -0.3 is 15.4 Å². The smallest absolute Gasteiger partial charge is 0.312 e. The Bertz CT molecular complexity index is 1180. The number of hydrogen-bond donors (Lipinski definition) is 2. The van der Waals surface area contributed by atoms with Crippen LogP contribution >= 0.6 is 0 Å². The number of ketones is 1. The van der Waals surface area contributed by atoms with Crippen molar-refractivity contribution in [3.8, 4) is 0 Å². The zero-order valence-corrected chi connectivity index (χ0v) is 19.0. The zero-order chi connectivity index (χ0) is 23.6. The summed E-state index contributed by atoms with van der Waals surface area (Å²) in [7, 11) is 0. The van der Waals surface area contributed by atoms with Crippen LogP contribution in [0.1, 0.15) is 41.5 Å². The van der Waals surface area contributed by atoms with E-state index in [1.807, 2.05) is 42.5 Å². The van der Waals surface area contributed by atoms with Gasteiger partial charge in [-0.3, -0.25) is 14.4 Å². The van der Waals surface area contributed by atoms with Crippen LogP contribution in [0.4, 0.5) is 0 Å². The molecule has 4 rings (SSSR count). The van der Waals surface area contributed by atoms with E-state index in [4.69, 9.17) is 4.74 Å². The summed E-state index contributed by atoms with van der Waals surface area (Å²) < 4.78 is 5.59. The van der Waals surface area contributed by atoms with Gasteiger partial charge in [0.15, 0.2) is 5.78 Å². The summed E-state index contributed by atoms with van der Waals surface area (Å²) in [5.74, 6) is -1.65. The van der Waals surface area contributed by atoms with Crippen molar-refractivity contribution in [1.82, 2.24) is 10.6 Å². The molecule has 3 aromatic carbocycles. The maximum atomic E-state index is 13.2. The maximum absolute atomic E-state index is 13.2. The van der Waals surface area contributed by atoms with Gasteiger partial charge in [0.25, 0.3) is 5.91 Å². The molecule has 0 aliphatic carbocycles. The quantitative estimate of drug-likeness (QED) is 0.463. The van der Waals surface area contributed by atoms with E-state index in [1.165, 1.54) is 0 Å². The number of fused-ring (bicyclic) bond motifs is 1. The number of carbonyl (C=O) groups excluding carboxylic acids is 3. The van der Waals surface area contributed by atoms with Crippen molar-refractivity contribution in [2.24, 2.45) is 5.92 Å². The van der Waals surface area contributed by atoms with E-state index < -0.39 is 29.6 Å². The molecule has 0 radical (unpaired) electrons. The number of nitrogens with one attached hydrogen (secondary N) is 2. The molecule has 2 N–H and O–H groups in total. The number of carbonyl (C=O) groups is 3. The maximum Gasteiger partial charge on any atom is 0.312 e. The highest BCUT2D eigenvalue weighted by Gasteiger charge is 2.46. The molecule has 1 heterocycles. The molecule has 0 bridgehead atoms. The lowest BCUT2D eigenvalue weighted by atomic mass is 9.92. The predicted octanol–water partition coefficient (Wildman–Crippen LogP) is 3.75. The molecule has 0 aromatic heterocycles. The van der Waals surface area contributed by atoms with Crippen molar-refractivity contribution in [2.45, 2.75) is 38.5 Å². The molecular weight excluding hydrogens is 416 g/mol. The first kappa shape index (κ1) is 22.7. The predicted molar refractivity (Wildman–Crippen MR) is 127 cm³/mol. The Hall–Kier alpha value is -3.51. The summed E-state index contributed by atoms with van der Waals surface area (Å²) >= 11 is 0. The van der Waals surface area contributed by atoms with Crippen LogP contribution in [0.3, 0.4) is 0 Å². The number of ether oxygens (including phenoxy) is 1. The van der Waals surface area contributed by atoms with Gasteiger partial charge in [-0.2, -0.15) is 0 Å². The van der Waals surface area contributed by atoms with E-state index in [9.17, 15) is 14.4 Å². The average molecular weight is 445 g/mol. The van der Waals surface area contributed by atoms with Gasteiger partial charge in [-0.25, -0.2) is 0 Å². The fourth-order valence-corrected chi connectivity index (χ4v) is 4.13. The first-order valence-electron chi connectivity index (χ1n) is 11.1. The summed E-state index contributed by atoms with van der Waals surface area (Å²) in [5, 5.41) is 8.07. The Morgan fingerprint density at radius 3 is 2.24 bits per heavy atom. The molecule has 1 aliphatic rings. The van der Waals surface area contributed by atoms with E-state index in [2.05, 4.69) is 10.6 Å². The van der Waals surface area contributed by atoms with Crippen molar-refractivity contribution in [3.63, 3.8) is 0 Å². The molecule has 6 heteroatoms. The minimum Gasteiger partial charge on any atom is -0.460 e. The fraction of sp³-hybridized carbons (Fsp3) is 0.296. The van der Waals surface area contributed by atoms with Crippen molar-refractivity contribution in [1.29, 1.82) is 0 Å². The monoisotopic (exact) mass is 444 g/mol. The SMILES string of the molecule is CC(C)(C)OC(=O)C1CNC(C(=O)c2ccccc2)C1NC(=O)c1ccc2ccccc2c1. The summed E-state index contributed by atoms with van der Waals surface area (Å²) in [6, 6.07) is 20.6. The van der Waals surface area contributed by atoms with Crippen LogP contribution in [0.15, 0.2) is 72.8 Å². The van der Waals surface area contributed by atoms with Crippen LogP contribution in [0, 0.1) is 5.92 Å². The van der Waals surface area contributed by atoms with E-state index in [1.54, 1.807) is 51.1 Å². The molecule has 1 fully saturated rings. The lowest BCUT2D eigenvalue weighted by Gasteiger charge is -2.27. The van der Waals surface area contributed by atoms with Gasteiger partial charge in [-0.15, -0.1) is 0 Å². The minimum atomic E-state index is -0.744. The Morgan fingerprint density at radius 2 is 1.55 bits per heavy atom. The minimum absolute atomic E-state index is 0.175. The molecule has 3 unspecified atom stereocenters. The molecule has 1 aliphatic heterocycles. The van der Waals surface area contributed by atoms with Gasteiger partial charge in [-0.05, 0) is 43.7 Å². The van der Waals surface area contributed by atoms with Gasteiger partial charge in [0, 0.05) is 17.7 Å². The van der Waals surface area contributed by atoms with Crippen LogP contribution in [-0.2, 0) is 9.53 Å². The van der Waals surface area contributed by atoms with Crippen LogP contribution in [0.5, 0.6) is 0 Å². The van der Waals surface area contributed by atoms with Crippen molar-refractivity contribution >= 4 is 28.4 Å². The first-order valence-corrected chi connectivity index (χ1v) is 11.1. The van der Waals surface area contributed by atoms with E-state index >= 15 is 0 Å². The Labute approximate surface area is 193 Å². The van der Waals surface area contributed by atoms with Crippen LogP contribution in [0.25, 0.3) is 10.8 Å². The highest BCUT2D eigenvalue weighted by molar-refractivity contribution is 6.03. The van der Waals surface area contributed by atoms with Gasteiger partial charge in [0.2, 0.25) is 0 Å². The third kappa shape index (κ3) is 5.12. The molecule has 3 aromatic rings. The van der Waals surface area contributed by atoms with Crippen LogP contribution in [-0.4, -0.2) is 41.9 Å². The van der Waals surface area contributed by atoms with E-state index in [0.29, 0.717) is 11.1 Å². The lowest BCUT2D eigenvalue weighted by molar-refractivity contribution is -0.159. The topological polar surface area (TPSA) is 84.5 Å². The molecule has 1 amide bonds. The summed E-state index contributed by atoms with van der Waals surface area (Å²) in [4.78, 5) is 39.4. The summed E-state index contributed by atoms with van der Waals surface area (Å²) in [6.07, 6.45) is 0. The number of hydrogen-bond acceptors (Lipinski definition) is 5. The fourth-order valence-electron chi connectivity index (χ4n) is 4.13. The number of Topliss-reactive ketones (excluding diaryl/α,β-unsaturated/α-hetero) is 1. The molecule has 6 nitrogen and oxygen atoms in total. The highest BCUT2D eigenvalue weighted by atomic mass is 16.6. The molecule has 33 heavy (non-hydrogen) atoms. The van der Waals surface area contributed by atoms with Gasteiger partial charge in [0.1, 0.15) is 5.60 Å². The molecule has 1 saturated heterocycles. The summed E-state index contributed by atoms with van der Waals surface area (Å²) in [5.41, 5.74) is 0.310. The highest BCUT2D eigenvalue weighted by Crippen LogP contribution is 2.24. The zero-order valence-electron chi connectivity index (χ0n) is 19.0. The number of amides is 1. The first-order chi connectivity index (χ1) is 15.7. The number of esters is 1. The second kappa shape index (κ2) is 9.16. The average Bonchev–Trinajstić information content (AvgIpc) is 3.21. The second-order valence-corrected chi connectivity index (χ2v) is 9.32. The molecule has 0 saturated carbocycles. The van der Waals surface area contributed by atoms with Crippen molar-refractivity contribution in [2.75, 3.05) is 6.54 Å². The van der Waals surface area contributed by atoms with E-state index in [-0.39, 0.29) is 18.2 Å². The Balaban J connectivity index is 1.62. The van der Waals surface area contributed by atoms with Crippen molar-refractivity contribution in [3.05, 3.63) is 83.9 Å². The van der Waals surface area contributed by atoms with Crippen LogP contribution in [0.2, 0.25) is 0 Å². The lowest BCUT2D eigenvalue weighted by Crippen LogP contribution is -2.51. The van der Waals surface area contributed by atoms with Gasteiger partial charge >= 0.3 is 5.97 Å². The molecular formula is C27H28N2O4. The Kier molecular flexibility index (Phi) is 6.29. The van der Waals surface area contributed by atoms with Crippen molar-refractivity contribution < 1.29 is 19.1 Å². The summed E-state index contributed by atoms with van der Waals surface area (Å²) in [6.45, 7) is 5.62. The largest absolute Gasteiger partial charge is 0.460 e. The standard InChI is InChI=1S/C27H28N2O4/c1-27(2,3)33-26(32)21-16-28-23(24(30)18-10-5-4-6-11-18)22(21)29-25(31)20-14-13-17-9-7-8-12-19(17)15-20/h4-15,21-23,28H,16H2,1-3H3,(H,29,31). The van der Waals surface area contributed by atoms with E-state index in [0.717, 1.165) is 10.8 Å². The van der Waals surface area contributed by atoms with Gasteiger partial charge in [-0.1, -0.05) is 60.7 Å².